The van der Waals surface area contributed by atoms with Gasteiger partial charge in [-0.3, -0.25) is 4.79 Å². The van der Waals surface area contributed by atoms with E-state index in [2.05, 4.69) is 20.6 Å². The molecule has 0 aliphatic rings. The van der Waals surface area contributed by atoms with Crippen LogP contribution in [0.5, 0.6) is 6.01 Å². The first-order chi connectivity index (χ1) is 21.1. The Morgan fingerprint density at radius 2 is 1.43 bits per heavy atom. The van der Waals surface area contributed by atoms with Gasteiger partial charge in [0.05, 0.1) is 17.6 Å². The largest absolute Gasteiger partial charge is 0.462 e. The molecule has 0 radical (unpaired) electrons. The molecule has 11 heteroatoms. The van der Waals surface area contributed by atoms with E-state index in [1.807, 2.05) is 66.7 Å². The van der Waals surface area contributed by atoms with Gasteiger partial charge in [-0.05, 0) is 70.8 Å². The average molecular weight is 640 g/mol. The van der Waals surface area contributed by atoms with Crippen molar-refractivity contribution in [3.8, 4) is 6.01 Å². The molecule has 44 heavy (non-hydrogen) atoms. The number of amides is 1. The number of carbonyl (C=O) groups is 1. The number of fused-ring (bicyclic) bond motifs is 1. The maximum Gasteiger partial charge on any atom is 0.416 e. The summed E-state index contributed by atoms with van der Waals surface area (Å²) in [4.78, 5) is 20.4. The van der Waals surface area contributed by atoms with Crippen molar-refractivity contribution < 1.29 is 22.7 Å². The van der Waals surface area contributed by atoms with Crippen LogP contribution >= 0.6 is 23.2 Å². The summed E-state index contributed by atoms with van der Waals surface area (Å²) < 4.78 is 44.9. The lowest BCUT2D eigenvalue weighted by Gasteiger charge is -2.20. The van der Waals surface area contributed by atoms with Crippen molar-refractivity contribution in [2.75, 3.05) is 18.5 Å². The highest BCUT2D eigenvalue weighted by Crippen LogP contribution is 2.36. The number of aromatic nitrogens is 2. The molecular formula is C33H27Cl2F3N4O2. The molecule has 0 aliphatic carbocycles. The fourth-order valence-corrected chi connectivity index (χ4v) is 5.01. The Kier molecular flexibility index (Phi) is 9.56. The number of benzene rings is 4. The molecule has 0 fully saturated rings. The summed E-state index contributed by atoms with van der Waals surface area (Å²) in [5.41, 5.74) is 3.48. The van der Waals surface area contributed by atoms with E-state index in [0.29, 0.717) is 32.3 Å². The standard InChI is InChI=1S/C33H27Cl2F3N4O2/c1-20(43)39-16-17-44-32-41-29-15-8-24(30(22-4-11-26(34)12-5-22)23-6-13-27(35)14-7-23)18-28(29)31(42-32)40-19-21-2-9-25(10-3-21)33(36,37)38/h2-15,18,30H,16-17,19H2,1H3,(H,39,43)(H,40,41,42). The summed E-state index contributed by atoms with van der Waals surface area (Å²) in [5.74, 6) is 0.0814. The quantitative estimate of drug-likeness (QED) is 0.119. The molecule has 2 N–H and O–H groups in total. The van der Waals surface area contributed by atoms with Crippen LogP contribution < -0.4 is 15.4 Å². The molecule has 1 amide bonds. The smallest absolute Gasteiger partial charge is 0.416 e. The molecule has 0 spiro atoms. The van der Waals surface area contributed by atoms with Crippen LogP contribution in [0.15, 0.2) is 91.0 Å². The number of carbonyl (C=O) groups excluding carboxylic acids is 1. The predicted molar refractivity (Wildman–Crippen MR) is 166 cm³/mol. The Balaban J connectivity index is 1.53. The number of anilines is 1. The normalized spacial score (nSPS) is 11.5. The van der Waals surface area contributed by atoms with Gasteiger partial charge in [0, 0.05) is 34.8 Å². The first-order valence-electron chi connectivity index (χ1n) is 13.7. The van der Waals surface area contributed by atoms with Crippen molar-refractivity contribution in [3.05, 3.63) is 129 Å². The Labute approximate surface area is 262 Å². The van der Waals surface area contributed by atoms with E-state index in [-0.39, 0.29) is 37.5 Å². The van der Waals surface area contributed by atoms with Crippen LogP contribution in [0.4, 0.5) is 19.0 Å². The second-order valence-electron chi connectivity index (χ2n) is 10.0. The Morgan fingerprint density at radius 3 is 2.00 bits per heavy atom. The second-order valence-corrected chi connectivity index (χ2v) is 10.9. The molecule has 0 aliphatic heterocycles. The Hall–Kier alpha value is -4.34. The van der Waals surface area contributed by atoms with Crippen LogP contribution in [0, 0.1) is 0 Å². The highest BCUT2D eigenvalue weighted by atomic mass is 35.5. The van der Waals surface area contributed by atoms with E-state index in [0.717, 1.165) is 28.8 Å². The average Bonchev–Trinajstić information content (AvgIpc) is 3.00. The third-order valence-electron chi connectivity index (χ3n) is 6.89. The van der Waals surface area contributed by atoms with E-state index in [1.165, 1.54) is 19.1 Å². The Bertz CT molecular complexity index is 1700. The van der Waals surface area contributed by atoms with Gasteiger partial charge in [0.1, 0.15) is 12.4 Å². The second kappa shape index (κ2) is 13.5. The summed E-state index contributed by atoms with van der Waals surface area (Å²) in [6.45, 7) is 2.04. The lowest BCUT2D eigenvalue weighted by molar-refractivity contribution is -0.137. The van der Waals surface area contributed by atoms with Crippen molar-refractivity contribution in [2.24, 2.45) is 0 Å². The monoisotopic (exact) mass is 638 g/mol. The third-order valence-corrected chi connectivity index (χ3v) is 7.39. The van der Waals surface area contributed by atoms with Crippen molar-refractivity contribution >= 4 is 45.8 Å². The zero-order valence-corrected chi connectivity index (χ0v) is 25.0. The van der Waals surface area contributed by atoms with Gasteiger partial charge in [-0.2, -0.15) is 23.1 Å². The van der Waals surface area contributed by atoms with E-state index in [4.69, 9.17) is 27.9 Å². The van der Waals surface area contributed by atoms with E-state index >= 15 is 0 Å². The number of nitrogens with zero attached hydrogens (tertiary/aromatic N) is 2. The summed E-state index contributed by atoms with van der Waals surface area (Å²) >= 11 is 12.4. The van der Waals surface area contributed by atoms with E-state index in [1.54, 1.807) is 0 Å². The SMILES string of the molecule is CC(=O)NCCOc1nc(NCc2ccc(C(F)(F)F)cc2)c2cc(C(c3ccc(Cl)cc3)c3ccc(Cl)cc3)ccc2n1. The van der Waals surface area contributed by atoms with Crippen LogP contribution in [-0.4, -0.2) is 29.0 Å². The summed E-state index contributed by atoms with van der Waals surface area (Å²) in [5, 5.41) is 7.84. The van der Waals surface area contributed by atoms with Crippen molar-refractivity contribution in [1.29, 1.82) is 0 Å². The molecule has 5 aromatic rings. The first kappa shape index (κ1) is 31.1. The van der Waals surface area contributed by atoms with Gasteiger partial charge in [-0.1, -0.05) is 65.7 Å². The van der Waals surface area contributed by atoms with Crippen molar-refractivity contribution in [2.45, 2.75) is 25.6 Å². The molecule has 4 aromatic carbocycles. The van der Waals surface area contributed by atoms with Gasteiger partial charge in [-0.15, -0.1) is 0 Å². The molecule has 0 bridgehead atoms. The fraction of sp³-hybridized carbons (Fsp3) is 0.182. The van der Waals surface area contributed by atoms with Crippen molar-refractivity contribution in [1.82, 2.24) is 15.3 Å². The molecule has 1 aromatic heterocycles. The molecule has 0 atom stereocenters. The summed E-state index contributed by atoms with van der Waals surface area (Å²) in [6.07, 6.45) is -4.42. The number of alkyl halides is 3. The minimum atomic E-state index is -4.42. The highest BCUT2D eigenvalue weighted by molar-refractivity contribution is 6.30. The van der Waals surface area contributed by atoms with Gasteiger partial charge in [-0.25, -0.2) is 0 Å². The highest BCUT2D eigenvalue weighted by Gasteiger charge is 2.30. The van der Waals surface area contributed by atoms with Crippen LogP contribution in [-0.2, 0) is 17.5 Å². The first-order valence-corrected chi connectivity index (χ1v) is 14.4. The number of nitrogens with one attached hydrogen (secondary N) is 2. The van der Waals surface area contributed by atoms with Crippen LogP contribution in [0.2, 0.25) is 10.0 Å². The van der Waals surface area contributed by atoms with Gasteiger partial charge in [0.2, 0.25) is 5.91 Å². The molecule has 0 saturated heterocycles. The maximum absolute atomic E-state index is 13.1. The molecule has 0 saturated carbocycles. The number of hydrogen-bond acceptors (Lipinski definition) is 5. The van der Waals surface area contributed by atoms with Gasteiger partial charge in [0.25, 0.3) is 0 Å². The maximum atomic E-state index is 13.1. The Morgan fingerprint density at radius 1 is 0.841 bits per heavy atom. The number of halogens is 5. The molecule has 0 unspecified atom stereocenters. The summed E-state index contributed by atoms with van der Waals surface area (Å²) in [7, 11) is 0. The van der Waals surface area contributed by atoms with Crippen LogP contribution in [0.25, 0.3) is 10.9 Å². The van der Waals surface area contributed by atoms with Crippen LogP contribution in [0.1, 0.15) is 40.7 Å². The minimum Gasteiger partial charge on any atom is -0.462 e. The van der Waals surface area contributed by atoms with Gasteiger partial charge < -0.3 is 15.4 Å². The molecule has 5 rings (SSSR count). The number of hydrogen-bond donors (Lipinski definition) is 2. The van der Waals surface area contributed by atoms with Crippen LogP contribution in [0.3, 0.4) is 0 Å². The molecular weight excluding hydrogens is 612 g/mol. The number of rotatable bonds is 10. The van der Waals surface area contributed by atoms with Gasteiger partial charge in [0.15, 0.2) is 0 Å². The lowest BCUT2D eigenvalue weighted by atomic mass is 9.85. The van der Waals surface area contributed by atoms with Gasteiger partial charge >= 0.3 is 12.2 Å². The number of ether oxygens (including phenoxy) is 1. The van der Waals surface area contributed by atoms with E-state index < -0.39 is 11.7 Å². The topological polar surface area (TPSA) is 76.1 Å². The molecule has 6 nitrogen and oxygen atoms in total. The zero-order chi connectivity index (χ0) is 31.3. The minimum absolute atomic E-state index is 0.0949. The lowest BCUT2D eigenvalue weighted by Crippen LogP contribution is -2.25. The fourth-order valence-electron chi connectivity index (χ4n) is 4.76. The molecule has 226 valence electrons. The van der Waals surface area contributed by atoms with Crippen molar-refractivity contribution in [3.63, 3.8) is 0 Å². The predicted octanol–water partition coefficient (Wildman–Crippen LogP) is 8.26. The summed E-state index contributed by atoms with van der Waals surface area (Å²) in [6, 6.07) is 26.1. The third kappa shape index (κ3) is 7.78. The molecule has 1 heterocycles. The zero-order valence-electron chi connectivity index (χ0n) is 23.5. The van der Waals surface area contributed by atoms with E-state index in [9.17, 15) is 18.0 Å².